The second kappa shape index (κ2) is 6.39. The van der Waals surface area contributed by atoms with E-state index in [9.17, 15) is 14.3 Å². The zero-order chi connectivity index (χ0) is 15.2. The predicted molar refractivity (Wildman–Crippen MR) is 73.6 cm³/mol. The van der Waals surface area contributed by atoms with E-state index in [0.717, 1.165) is 12.1 Å². The highest BCUT2D eigenvalue weighted by Crippen LogP contribution is 2.21. The summed E-state index contributed by atoms with van der Waals surface area (Å²) in [7, 11) is 0. The summed E-state index contributed by atoms with van der Waals surface area (Å²) in [6, 6.07) is 11.4. The molecule has 5 nitrogen and oxygen atoms in total. The van der Waals surface area contributed by atoms with Gasteiger partial charge in [0.1, 0.15) is 23.4 Å². The van der Waals surface area contributed by atoms with Gasteiger partial charge in [-0.25, -0.2) is 4.39 Å². The van der Waals surface area contributed by atoms with Crippen LogP contribution in [0.5, 0.6) is 11.5 Å². The molecule has 6 heteroatoms. The molecule has 0 aliphatic rings. The first kappa shape index (κ1) is 14.3. The lowest BCUT2D eigenvalue weighted by molar-refractivity contribution is 0.102. The standard InChI is InChI=1S/C15H11FN2O3/c16-10-1-6-13(14(19)9-10)15(20)18-11-2-4-12(5-3-11)21-8-7-17/h1-6,9,19H,8H2,(H,18,20). The van der Waals surface area contributed by atoms with Crippen molar-refractivity contribution in [2.75, 3.05) is 11.9 Å². The molecule has 0 saturated heterocycles. The number of rotatable bonds is 4. The maximum absolute atomic E-state index is 12.9. The molecule has 0 unspecified atom stereocenters. The molecule has 2 rings (SSSR count). The van der Waals surface area contributed by atoms with Crippen LogP contribution >= 0.6 is 0 Å². The highest BCUT2D eigenvalue weighted by molar-refractivity contribution is 6.06. The summed E-state index contributed by atoms with van der Waals surface area (Å²) >= 11 is 0. The van der Waals surface area contributed by atoms with Crippen LogP contribution in [-0.2, 0) is 0 Å². The topological polar surface area (TPSA) is 82.3 Å². The molecule has 2 N–H and O–H groups in total. The van der Waals surface area contributed by atoms with Gasteiger partial charge in [0, 0.05) is 11.8 Å². The van der Waals surface area contributed by atoms with E-state index in [0.29, 0.717) is 11.4 Å². The van der Waals surface area contributed by atoms with Crippen LogP contribution in [0.4, 0.5) is 10.1 Å². The Bertz CT molecular complexity index is 693. The largest absolute Gasteiger partial charge is 0.507 e. The average molecular weight is 286 g/mol. The van der Waals surface area contributed by atoms with Crippen molar-refractivity contribution in [1.82, 2.24) is 0 Å². The number of hydrogen-bond donors (Lipinski definition) is 2. The molecule has 1 amide bonds. The number of carbonyl (C=O) groups excluding carboxylic acids is 1. The van der Waals surface area contributed by atoms with Gasteiger partial charge < -0.3 is 15.2 Å². The summed E-state index contributed by atoms with van der Waals surface area (Å²) in [6.07, 6.45) is 0. The molecule has 0 bridgehead atoms. The van der Waals surface area contributed by atoms with E-state index in [1.165, 1.54) is 6.07 Å². The summed E-state index contributed by atoms with van der Waals surface area (Å²) in [4.78, 5) is 11.9. The van der Waals surface area contributed by atoms with E-state index < -0.39 is 17.5 Å². The second-order valence-electron chi connectivity index (χ2n) is 4.09. The Morgan fingerprint density at radius 3 is 2.62 bits per heavy atom. The quantitative estimate of drug-likeness (QED) is 0.905. The van der Waals surface area contributed by atoms with Crippen molar-refractivity contribution in [3.05, 3.63) is 53.8 Å². The van der Waals surface area contributed by atoms with Gasteiger partial charge in [-0.05, 0) is 36.4 Å². The molecule has 0 aliphatic carbocycles. The number of nitrogens with zero attached hydrogens (tertiary/aromatic N) is 1. The van der Waals surface area contributed by atoms with Crippen molar-refractivity contribution in [1.29, 1.82) is 5.26 Å². The van der Waals surface area contributed by atoms with Crippen LogP contribution in [-0.4, -0.2) is 17.6 Å². The number of carbonyl (C=O) groups is 1. The van der Waals surface area contributed by atoms with Crippen molar-refractivity contribution < 1.29 is 19.0 Å². The van der Waals surface area contributed by atoms with Crippen molar-refractivity contribution in [3.8, 4) is 17.6 Å². The number of benzene rings is 2. The van der Waals surface area contributed by atoms with Crippen LogP contribution in [0.15, 0.2) is 42.5 Å². The molecular formula is C15H11FN2O3. The Morgan fingerprint density at radius 2 is 2.00 bits per heavy atom. The molecule has 0 atom stereocenters. The van der Waals surface area contributed by atoms with Crippen LogP contribution in [0.3, 0.4) is 0 Å². The first-order valence-electron chi connectivity index (χ1n) is 6.00. The van der Waals surface area contributed by atoms with Crippen molar-refractivity contribution in [2.24, 2.45) is 0 Å². The molecule has 0 aliphatic heterocycles. The maximum Gasteiger partial charge on any atom is 0.259 e. The minimum Gasteiger partial charge on any atom is -0.507 e. The number of amides is 1. The van der Waals surface area contributed by atoms with Crippen molar-refractivity contribution >= 4 is 11.6 Å². The molecule has 2 aromatic carbocycles. The fraction of sp³-hybridized carbons (Fsp3) is 0.0667. The van der Waals surface area contributed by atoms with Crippen LogP contribution in [0.25, 0.3) is 0 Å². The van der Waals surface area contributed by atoms with Gasteiger partial charge in [0.05, 0.1) is 5.56 Å². The summed E-state index contributed by atoms with van der Waals surface area (Å²) in [6.45, 7) is -0.0604. The van der Waals surface area contributed by atoms with Gasteiger partial charge in [0.25, 0.3) is 5.91 Å². The Hall–Kier alpha value is -3.07. The molecule has 0 aromatic heterocycles. The number of hydrogen-bond acceptors (Lipinski definition) is 4. The van der Waals surface area contributed by atoms with Gasteiger partial charge in [-0.15, -0.1) is 0 Å². The van der Waals surface area contributed by atoms with Gasteiger partial charge in [0.15, 0.2) is 6.61 Å². The number of phenolic OH excluding ortho intramolecular Hbond substituents is 1. The Kier molecular flexibility index (Phi) is 4.36. The zero-order valence-electron chi connectivity index (χ0n) is 10.8. The SMILES string of the molecule is N#CCOc1ccc(NC(=O)c2ccc(F)cc2O)cc1. The van der Waals surface area contributed by atoms with E-state index in [-0.39, 0.29) is 12.2 Å². The van der Waals surface area contributed by atoms with E-state index >= 15 is 0 Å². The number of halogens is 1. The molecule has 0 saturated carbocycles. The number of anilines is 1. The van der Waals surface area contributed by atoms with Crippen molar-refractivity contribution in [3.63, 3.8) is 0 Å². The van der Waals surface area contributed by atoms with Crippen LogP contribution in [0, 0.1) is 17.1 Å². The summed E-state index contributed by atoms with van der Waals surface area (Å²) in [5.41, 5.74) is 0.453. The predicted octanol–water partition coefficient (Wildman–Crippen LogP) is 2.69. The number of ether oxygens (including phenoxy) is 1. The first-order chi connectivity index (χ1) is 10.1. The molecule has 21 heavy (non-hydrogen) atoms. The number of nitriles is 1. The van der Waals surface area contributed by atoms with Crippen LogP contribution < -0.4 is 10.1 Å². The van der Waals surface area contributed by atoms with Crippen molar-refractivity contribution in [2.45, 2.75) is 0 Å². The minimum absolute atomic E-state index is 0.0267. The monoisotopic (exact) mass is 286 g/mol. The summed E-state index contributed by atoms with van der Waals surface area (Å²) in [5.74, 6) is -1.11. The van der Waals surface area contributed by atoms with Gasteiger partial charge in [-0.2, -0.15) is 5.26 Å². The molecule has 0 fully saturated rings. The number of nitrogens with one attached hydrogen (secondary N) is 1. The van der Waals surface area contributed by atoms with Gasteiger partial charge in [0.2, 0.25) is 0 Å². The third kappa shape index (κ3) is 3.70. The Morgan fingerprint density at radius 1 is 1.29 bits per heavy atom. The molecule has 106 valence electrons. The zero-order valence-corrected chi connectivity index (χ0v) is 10.8. The summed E-state index contributed by atoms with van der Waals surface area (Å²) in [5, 5.41) is 20.5. The van der Waals surface area contributed by atoms with Crippen LogP contribution in [0.1, 0.15) is 10.4 Å². The smallest absolute Gasteiger partial charge is 0.259 e. The Balaban J connectivity index is 2.07. The minimum atomic E-state index is -0.622. The highest BCUT2D eigenvalue weighted by Gasteiger charge is 2.12. The molecule has 0 heterocycles. The average Bonchev–Trinajstić information content (AvgIpc) is 2.46. The fourth-order valence-electron chi connectivity index (χ4n) is 1.65. The fourth-order valence-corrected chi connectivity index (χ4v) is 1.65. The van der Waals surface area contributed by atoms with E-state index in [2.05, 4.69) is 5.32 Å². The number of phenols is 1. The third-order valence-corrected chi connectivity index (χ3v) is 2.62. The first-order valence-corrected chi connectivity index (χ1v) is 6.00. The molecule has 0 radical (unpaired) electrons. The van der Waals surface area contributed by atoms with Crippen LogP contribution in [0.2, 0.25) is 0 Å². The van der Waals surface area contributed by atoms with Gasteiger partial charge >= 0.3 is 0 Å². The van der Waals surface area contributed by atoms with E-state index in [1.807, 2.05) is 6.07 Å². The maximum atomic E-state index is 12.9. The molecular weight excluding hydrogens is 275 g/mol. The molecule has 0 spiro atoms. The van der Waals surface area contributed by atoms with E-state index in [1.54, 1.807) is 24.3 Å². The second-order valence-corrected chi connectivity index (χ2v) is 4.09. The lowest BCUT2D eigenvalue weighted by Crippen LogP contribution is -2.12. The Labute approximate surface area is 120 Å². The van der Waals surface area contributed by atoms with Gasteiger partial charge in [-0.1, -0.05) is 0 Å². The number of aromatic hydroxyl groups is 1. The normalized spacial score (nSPS) is 9.71. The highest BCUT2D eigenvalue weighted by atomic mass is 19.1. The summed E-state index contributed by atoms with van der Waals surface area (Å²) < 4.78 is 17.9. The molecule has 2 aromatic rings. The lowest BCUT2D eigenvalue weighted by atomic mass is 10.1. The lowest BCUT2D eigenvalue weighted by Gasteiger charge is -2.08. The van der Waals surface area contributed by atoms with E-state index in [4.69, 9.17) is 10.00 Å². The third-order valence-electron chi connectivity index (χ3n) is 2.62. The van der Waals surface area contributed by atoms with Gasteiger partial charge in [-0.3, -0.25) is 4.79 Å².